The standard InChI is InChI=1S/C25H19F6N5O2/c26-24(27,28)21-7-6-19-18(34-21)12-20(23(37)33-16-5-8-22(32-13-16)35-9-2-10-35)36(19)14-15-3-1-4-17(11-15)38-25(29,30)31/h1,3-8,11-13H,2,9-10,14H2,(H,33,37). The summed E-state index contributed by atoms with van der Waals surface area (Å²) in [6, 6.07) is 11.7. The van der Waals surface area contributed by atoms with E-state index in [0.29, 0.717) is 11.3 Å². The Morgan fingerprint density at radius 3 is 2.42 bits per heavy atom. The lowest BCUT2D eigenvalue weighted by molar-refractivity contribution is -0.274. The van der Waals surface area contributed by atoms with Gasteiger partial charge < -0.3 is 19.5 Å². The number of rotatable bonds is 6. The third kappa shape index (κ3) is 5.50. The average molecular weight is 535 g/mol. The quantitative estimate of drug-likeness (QED) is 0.313. The van der Waals surface area contributed by atoms with Crippen LogP contribution in [-0.2, 0) is 12.7 Å². The first-order valence-corrected chi connectivity index (χ1v) is 11.4. The normalized spacial score (nSPS) is 13.9. The second-order valence-electron chi connectivity index (χ2n) is 8.61. The Labute approximate surface area is 211 Å². The summed E-state index contributed by atoms with van der Waals surface area (Å²) < 4.78 is 83.1. The molecule has 7 nitrogen and oxygen atoms in total. The maximum absolute atomic E-state index is 13.3. The number of fused-ring (bicyclic) bond motifs is 1. The molecule has 0 bridgehead atoms. The Morgan fingerprint density at radius 1 is 1.00 bits per heavy atom. The van der Waals surface area contributed by atoms with Crippen molar-refractivity contribution >= 4 is 28.4 Å². The Bertz CT molecular complexity index is 1480. The van der Waals surface area contributed by atoms with Crippen LogP contribution in [0.15, 0.2) is 60.8 Å². The number of carbonyl (C=O) groups excluding carboxylic acids is 1. The van der Waals surface area contributed by atoms with E-state index in [4.69, 9.17) is 0 Å². The van der Waals surface area contributed by atoms with Crippen LogP contribution in [0.5, 0.6) is 5.75 Å². The zero-order valence-corrected chi connectivity index (χ0v) is 19.5. The topological polar surface area (TPSA) is 72.3 Å². The van der Waals surface area contributed by atoms with E-state index in [0.717, 1.165) is 43.5 Å². The number of nitrogens with one attached hydrogen (secondary N) is 1. The number of nitrogens with zero attached hydrogens (tertiary/aromatic N) is 4. The van der Waals surface area contributed by atoms with Gasteiger partial charge in [0, 0.05) is 19.6 Å². The van der Waals surface area contributed by atoms with Crippen molar-refractivity contribution in [3.63, 3.8) is 0 Å². The lowest BCUT2D eigenvalue weighted by Crippen LogP contribution is -2.37. The highest BCUT2D eigenvalue weighted by atomic mass is 19.4. The fourth-order valence-electron chi connectivity index (χ4n) is 4.07. The zero-order valence-electron chi connectivity index (χ0n) is 19.5. The van der Waals surface area contributed by atoms with Gasteiger partial charge in [0.1, 0.15) is 23.0 Å². The third-order valence-corrected chi connectivity index (χ3v) is 5.94. The number of pyridine rings is 2. The van der Waals surface area contributed by atoms with Crippen LogP contribution in [0, 0.1) is 0 Å². The van der Waals surface area contributed by atoms with Gasteiger partial charge in [0.15, 0.2) is 0 Å². The summed E-state index contributed by atoms with van der Waals surface area (Å²) in [7, 11) is 0. The van der Waals surface area contributed by atoms with Gasteiger partial charge in [-0.3, -0.25) is 4.79 Å². The fraction of sp³-hybridized carbons (Fsp3) is 0.240. The van der Waals surface area contributed by atoms with Crippen molar-refractivity contribution in [1.82, 2.24) is 14.5 Å². The maximum Gasteiger partial charge on any atom is 0.573 e. The van der Waals surface area contributed by atoms with Crippen molar-refractivity contribution in [2.24, 2.45) is 0 Å². The van der Waals surface area contributed by atoms with Crippen molar-refractivity contribution in [2.45, 2.75) is 25.5 Å². The van der Waals surface area contributed by atoms with Gasteiger partial charge in [-0.15, -0.1) is 13.2 Å². The number of amides is 1. The van der Waals surface area contributed by atoms with Gasteiger partial charge in [0.25, 0.3) is 5.91 Å². The van der Waals surface area contributed by atoms with Gasteiger partial charge in [0.2, 0.25) is 0 Å². The second kappa shape index (κ2) is 9.54. The number of hydrogen-bond donors (Lipinski definition) is 1. The Balaban J connectivity index is 1.48. The molecule has 1 fully saturated rings. The van der Waals surface area contributed by atoms with E-state index in [9.17, 15) is 31.1 Å². The highest BCUT2D eigenvalue weighted by Gasteiger charge is 2.33. The van der Waals surface area contributed by atoms with Crippen LogP contribution in [0.3, 0.4) is 0 Å². The van der Waals surface area contributed by atoms with Gasteiger partial charge in [0.05, 0.1) is 22.9 Å². The Morgan fingerprint density at radius 2 is 1.79 bits per heavy atom. The average Bonchev–Trinajstić information content (AvgIpc) is 3.15. The van der Waals surface area contributed by atoms with Crippen LogP contribution in [0.4, 0.5) is 37.8 Å². The number of carbonyl (C=O) groups is 1. The molecule has 1 amide bonds. The van der Waals surface area contributed by atoms with Gasteiger partial charge in [-0.25, -0.2) is 9.97 Å². The lowest BCUT2D eigenvalue weighted by atomic mass is 10.2. The fourth-order valence-corrected chi connectivity index (χ4v) is 4.07. The lowest BCUT2D eigenvalue weighted by Gasteiger charge is -2.31. The first kappa shape index (κ1) is 25.4. The van der Waals surface area contributed by atoms with Crippen molar-refractivity contribution < 1.29 is 35.9 Å². The van der Waals surface area contributed by atoms with Crippen LogP contribution < -0.4 is 15.0 Å². The summed E-state index contributed by atoms with van der Waals surface area (Å²) in [4.78, 5) is 23.3. The molecule has 38 heavy (non-hydrogen) atoms. The molecule has 1 aromatic carbocycles. The first-order valence-electron chi connectivity index (χ1n) is 11.4. The molecule has 1 saturated heterocycles. The summed E-state index contributed by atoms with van der Waals surface area (Å²) >= 11 is 0. The molecule has 0 spiro atoms. The van der Waals surface area contributed by atoms with Crippen LogP contribution in [-0.4, -0.2) is 39.9 Å². The molecule has 5 rings (SSSR count). The van der Waals surface area contributed by atoms with E-state index in [-0.39, 0.29) is 23.3 Å². The number of hydrogen-bond acceptors (Lipinski definition) is 5. The molecule has 198 valence electrons. The summed E-state index contributed by atoms with van der Waals surface area (Å²) in [5.41, 5.74) is -0.406. The molecule has 0 radical (unpaired) electrons. The minimum atomic E-state index is -4.90. The molecule has 3 aromatic heterocycles. The Hall–Kier alpha value is -4.29. The van der Waals surface area contributed by atoms with Crippen molar-refractivity contribution in [3.8, 4) is 5.75 Å². The number of anilines is 2. The molecule has 0 atom stereocenters. The monoisotopic (exact) mass is 535 g/mol. The molecular weight excluding hydrogens is 516 g/mol. The third-order valence-electron chi connectivity index (χ3n) is 5.94. The highest BCUT2D eigenvalue weighted by molar-refractivity contribution is 6.06. The maximum atomic E-state index is 13.3. The zero-order chi connectivity index (χ0) is 27.1. The number of aromatic nitrogens is 3. The molecule has 1 aliphatic rings. The van der Waals surface area contributed by atoms with E-state index in [1.165, 1.54) is 35.0 Å². The predicted molar refractivity (Wildman–Crippen MR) is 126 cm³/mol. The van der Waals surface area contributed by atoms with E-state index in [1.807, 2.05) is 0 Å². The number of alkyl halides is 6. The van der Waals surface area contributed by atoms with Crippen molar-refractivity contribution in [3.05, 3.63) is 77.7 Å². The first-order chi connectivity index (χ1) is 18.0. The van der Waals surface area contributed by atoms with E-state index in [1.54, 1.807) is 12.1 Å². The molecule has 0 saturated carbocycles. The second-order valence-corrected chi connectivity index (χ2v) is 8.61. The Kier molecular flexibility index (Phi) is 6.37. The van der Waals surface area contributed by atoms with Crippen molar-refractivity contribution in [1.29, 1.82) is 0 Å². The predicted octanol–water partition coefficient (Wildman–Crippen LogP) is 5.86. The molecule has 0 unspecified atom stereocenters. The summed E-state index contributed by atoms with van der Waals surface area (Å²) in [6.07, 6.45) is -7.07. The molecule has 13 heteroatoms. The van der Waals surface area contributed by atoms with E-state index >= 15 is 0 Å². The molecule has 0 aliphatic carbocycles. The smallest absolute Gasteiger partial charge is 0.406 e. The molecule has 1 aliphatic heterocycles. The molecule has 4 aromatic rings. The number of ether oxygens (including phenoxy) is 1. The number of benzene rings is 1. The summed E-state index contributed by atoms with van der Waals surface area (Å²) in [5, 5.41) is 2.67. The molecule has 1 N–H and O–H groups in total. The summed E-state index contributed by atoms with van der Waals surface area (Å²) in [6.45, 7) is 1.64. The van der Waals surface area contributed by atoms with Gasteiger partial charge in [-0.05, 0) is 54.4 Å². The largest absolute Gasteiger partial charge is 0.573 e. The van der Waals surface area contributed by atoms with Crippen LogP contribution in [0.1, 0.15) is 28.2 Å². The number of halogens is 6. The van der Waals surface area contributed by atoms with E-state index < -0.39 is 29.9 Å². The van der Waals surface area contributed by atoms with E-state index in [2.05, 4.69) is 24.9 Å². The minimum Gasteiger partial charge on any atom is -0.406 e. The molecule has 4 heterocycles. The van der Waals surface area contributed by atoms with Crippen LogP contribution in [0.25, 0.3) is 11.0 Å². The van der Waals surface area contributed by atoms with Gasteiger partial charge in [-0.2, -0.15) is 13.2 Å². The molecular formula is C25H19F6N5O2. The van der Waals surface area contributed by atoms with Crippen molar-refractivity contribution in [2.75, 3.05) is 23.3 Å². The van der Waals surface area contributed by atoms with Crippen LogP contribution in [0.2, 0.25) is 0 Å². The summed E-state index contributed by atoms with van der Waals surface area (Å²) in [5.74, 6) is -0.366. The van der Waals surface area contributed by atoms with Gasteiger partial charge >= 0.3 is 12.5 Å². The van der Waals surface area contributed by atoms with Gasteiger partial charge in [-0.1, -0.05) is 12.1 Å². The highest BCUT2D eigenvalue weighted by Crippen LogP contribution is 2.31. The SMILES string of the molecule is O=C(Nc1ccc(N2CCC2)nc1)c1cc2nc(C(F)(F)F)ccc2n1Cc1cccc(OC(F)(F)F)c1. The van der Waals surface area contributed by atoms with Crippen LogP contribution >= 0.6 is 0 Å². The minimum absolute atomic E-state index is 0.0409.